The molecule has 0 saturated carbocycles. The van der Waals surface area contributed by atoms with E-state index in [-0.39, 0.29) is 5.78 Å². The second-order valence-electron chi connectivity index (χ2n) is 4.88. The SMILES string of the molecule is Cn1nc(CC(=O)CCc2ccco2)c2ccccc21. The summed E-state index contributed by atoms with van der Waals surface area (Å²) < 4.78 is 7.06. The smallest absolute Gasteiger partial charge is 0.139 e. The van der Waals surface area contributed by atoms with E-state index in [0.29, 0.717) is 19.3 Å². The van der Waals surface area contributed by atoms with E-state index in [1.54, 1.807) is 6.26 Å². The lowest BCUT2D eigenvalue weighted by molar-refractivity contribution is -0.118. The number of nitrogens with zero attached hydrogens (tertiary/aromatic N) is 2. The van der Waals surface area contributed by atoms with Crippen LogP contribution in [0.2, 0.25) is 0 Å². The summed E-state index contributed by atoms with van der Waals surface area (Å²) in [6.45, 7) is 0. The standard InChI is InChI=1S/C16H16N2O2/c1-18-16-7-3-2-6-14(16)15(17-18)11-12(19)8-9-13-5-4-10-20-13/h2-7,10H,8-9,11H2,1H3. The largest absolute Gasteiger partial charge is 0.469 e. The summed E-state index contributed by atoms with van der Waals surface area (Å²) in [5.74, 6) is 1.04. The molecule has 0 aliphatic rings. The zero-order chi connectivity index (χ0) is 13.9. The third kappa shape index (κ3) is 2.50. The van der Waals surface area contributed by atoms with Crippen LogP contribution in [-0.4, -0.2) is 15.6 Å². The molecule has 102 valence electrons. The van der Waals surface area contributed by atoms with Crippen LogP contribution in [0.3, 0.4) is 0 Å². The molecule has 0 radical (unpaired) electrons. The van der Waals surface area contributed by atoms with Crippen LogP contribution in [0.15, 0.2) is 47.1 Å². The van der Waals surface area contributed by atoms with E-state index in [9.17, 15) is 4.79 Å². The van der Waals surface area contributed by atoms with Crippen molar-refractivity contribution in [2.45, 2.75) is 19.3 Å². The van der Waals surface area contributed by atoms with Crippen molar-refractivity contribution >= 4 is 16.7 Å². The lowest BCUT2D eigenvalue weighted by Crippen LogP contribution is -2.05. The van der Waals surface area contributed by atoms with Crippen molar-refractivity contribution in [3.63, 3.8) is 0 Å². The van der Waals surface area contributed by atoms with Gasteiger partial charge in [-0.2, -0.15) is 5.10 Å². The number of furan rings is 1. The van der Waals surface area contributed by atoms with Gasteiger partial charge in [-0.3, -0.25) is 9.48 Å². The van der Waals surface area contributed by atoms with Gasteiger partial charge in [0, 0.05) is 25.3 Å². The number of carbonyl (C=O) groups is 1. The normalized spacial score (nSPS) is 11.1. The van der Waals surface area contributed by atoms with Gasteiger partial charge in [-0.15, -0.1) is 0 Å². The first-order valence-corrected chi connectivity index (χ1v) is 6.69. The molecular formula is C16H16N2O2. The maximum atomic E-state index is 12.1. The Hall–Kier alpha value is -2.36. The van der Waals surface area contributed by atoms with Gasteiger partial charge in [0.15, 0.2) is 0 Å². The van der Waals surface area contributed by atoms with Crippen molar-refractivity contribution in [3.05, 3.63) is 54.1 Å². The summed E-state index contributed by atoms with van der Waals surface area (Å²) >= 11 is 0. The summed E-state index contributed by atoms with van der Waals surface area (Å²) in [4.78, 5) is 12.1. The van der Waals surface area contributed by atoms with Crippen molar-refractivity contribution < 1.29 is 9.21 Å². The van der Waals surface area contributed by atoms with Crippen LogP contribution in [0.5, 0.6) is 0 Å². The Bertz CT molecular complexity index is 726. The van der Waals surface area contributed by atoms with Crippen LogP contribution in [0.1, 0.15) is 17.9 Å². The van der Waals surface area contributed by atoms with Crippen LogP contribution in [0.25, 0.3) is 10.9 Å². The predicted octanol–water partition coefficient (Wildman–Crippen LogP) is 2.91. The molecule has 4 nitrogen and oxygen atoms in total. The number of Topliss-reactive ketones (excluding diaryl/α,β-unsaturated/α-hetero) is 1. The molecular weight excluding hydrogens is 252 g/mol. The fraction of sp³-hybridized carbons (Fsp3) is 0.250. The molecule has 0 N–H and O–H groups in total. The highest BCUT2D eigenvalue weighted by Gasteiger charge is 2.12. The number of benzene rings is 1. The zero-order valence-corrected chi connectivity index (χ0v) is 11.4. The minimum atomic E-state index is 0.185. The number of hydrogen-bond donors (Lipinski definition) is 0. The molecule has 3 aromatic rings. The van der Waals surface area contributed by atoms with Gasteiger partial charge in [-0.25, -0.2) is 0 Å². The minimum absolute atomic E-state index is 0.185. The van der Waals surface area contributed by atoms with E-state index >= 15 is 0 Å². The summed E-state index contributed by atoms with van der Waals surface area (Å²) in [5, 5.41) is 5.50. The first-order valence-electron chi connectivity index (χ1n) is 6.69. The highest BCUT2D eigenvalue weighted by molar-refractivity contribution is 5.88. The number of aryl methyl sites for hydroxylation is 2. The molecule has 2 heterocycles. The van der Waals surface area contributed by atoms with Gasteiger partial charge in [0.1, 0.15) is 11.5 Å². The Morgan fingerprint density at radius 2 is 2.10 bits per heavy atom. The van der Waals surface area contributed by atoms with Gasteiger partial charge in [0.25, 0.3) is 0 Å². The third-order valence-corrected chi connectivity index (χ3v) is 3.43. The highest BCUT2D eigenvalue weighted by Crippen LogP contribution is 2.18. The molecule has 0 amide bonds. The van der Waals surface area contributed by atoms with Crippen LogP contribution < -0.4 is 0 Å². The second kappa shape index (κ2) is 5.33. The molecule has 0 aliphatic carbocycles. The van der Waals surface area contributed by atoms with Crippen molar-refractivity contribution in [2.24, 2.45) is 7.05 Å². The minimum Gasteiger partial charge on any atom is -0.469 e. The van der Waals surface area contributed by atoms with Gasteiger partial charge in [0.2, 0.25) is 0 Å². The van der Waals surface area contributed by atoms with E-state index in [0.717, 1.165) is 22.4 Å². The fourth-order valence-corrected chi connectivity index (χ4v) is 2.41. The molecule has 0 spiro atoms. The average Bonchev–Trinajstić information content (AvgIpc) is 3.07. The zero-order valence-electron chi connectivity index (χ0n) is 11.4. The fourth-order valence-electron chi connectivity index (χ4n) is 2.41. The predicted molar refractivity (Wildman–Crippen MR) is 76.5 cm³/mol. The Morgan fingerprint density at radius 3 is 2.90 bits per heavy atom. The van der Waals surface area contributed by atoms with E-state index in [4.69, 9.17) is 4.42 Å². The lowest BCUT2D eigenvalue weighted by Gasteiger charge is -1.98. The maximum absolute atomic E-state index is 12.1. The number of para-hydroxylation sites is 1. The van der Waals surface area contributed by atoms with E-state index in [1.807, 2.05) is 48.1 Å². The summed E-state index contributed by atoms with van der Waals surface area (Å²) in [7, 11) is 1.90. The number of fused-ring (bicyclic) bond motifs is 1. The molecule has 1 aromatic carbocycles. The maximum Gasteiger partial charge on any atom is 0.139 e. The highest BCUT2D eigenvalue weighted by atomic mass is 16.3. The quantitative estimate of drug-likeness (QED) is 0.715. The third-order valence-electron chi connectivity index (χ3n) is 3.43. The number of rotatable bonds is 5. The first kappa shape index (κ1) is 12.7. The molecule has 0 bridgehead atoms. The lowest BCUT2D eigenvalue weighted by atomic mass is 10.1. The summed E-state index contributed by atoms with van der Waals surface area (Å²) in [6, 6.07) is 11.7. The molecule has 0 aliphatic heterocycles. The number of aromatic nitrogens is 2. The molecule has 2 aromatic heterocycles. The van der Waals surface area contributed by atoms with Gasteiger partial charge < -0.3 is 4.42 Å². The van der Waals surface area contributed by atoms with Crippen molar-refractivity contribution in [2.75, 3.05) is 0 Å². The topological polar surface area (TPSA) is 48.0 Å². The van der Waals surface area contributed by atoms with Gasteiger partial charge in [0.05, 0.1) is 23.9 Å². The number of hydrogen-bond acceptors (Lipinski definition) is 3. The monoisotopic (exact) mass is 268 g/mol. The van der Waals surface area contributed by atoms with Crippen molar-refractivity contribution in [1.29, 1.82) is 0 Å². The molecule has 3 rings (SSSR count). The van der Waals surface area contributed by atoms with Crippen LogP contribution in [0, 0.1) is 0 Å². The van der Waals surface area contributed by atoms with Crippen LogP contribution in [0.4, 0.5) is 0 Å². The Kier molecular flexibility index (Phi) is 3.37. The van der Waals surface area contributed by atoms with Crippen molar-refractivity contribution in [3.8, 4) is 0 Å². The van der Waals surface area contributed by atoms with E-state index in [1.165, 1.54) is 0 Å². The average molecular weight is 268 g/mol. The van der Waals surface area contributed by atoms with Crippen molar-refractivity contribution in [1.82, 2.24) is 9.78 Å². The van der Waals surface area contributed by atoms with Gasteiger partial charge in [-0.05, 0) is 18.2 Å². The van der Waals surface area contributed by atoms with E-state index < -0.39 is 0 Å². The van der Waals surface area contributed by atoms with Crippen LogP contribution >= 0.6 is 0 Å². The molecule has 4 heteroatoms. The molecule has 0 atom stereocenters. The van der Waals surface area contributed by atoms with Gasteiger partial charge in [-0.1, -0.05) is 18.2 Å². The molecule has 0 fully saturated rings. The number of carbonyl (C=O) groups excluding carboxylic acids is 1. The second-order valence-corrected chi connectivity index (χ2v) is 4.88. The Morgan fingerprint density at radius 1 is 1.25 bits per heavy atom. The van der Waals surface area contributed by atoms with Gasteiger partial charge >= 0.3 is 0 Å². The molecule has 0 saturated heterocycles. The molecule has 20 heavy (non-hydrogen) atoms. The Labute approximate surface area is 117 Å². The van der Waals surface area contributed by atoms with Crippen LogP contribution in [-0.2, 0) is 24.7 Å². The number of ketones is 1. The Balaban J connectivity index is 1.71. The summed E-state index contributed by atoms with van der Waals surface area (Å²) in [6.07, 6.45) is 3.14. The molecule has 0 unspecified atom stereocenters. The first-order chi connectivity index (χ1) is 9.74. The van der Waals surface area contributed by atoms with E-state index in [2.05, 4.69) is 5.10 Å². The summed E-state index contributed by atoms with van der Waals surface area (Å²) in [5.41, 5.74) is 1.91.